The van der Waals surface area contributed by atoms with E-state index in [1.807, 2.05) is 12.1 Å². The molecule has 0 saturated carbocycles. The number of rotatable bonds is 3. The quantitative estimate of drug-likeness (QED) is 0.837. The van der Waals surface area contributed by atoms with E-state index in [0.717, 1.165) is 31.5 Å². The molecule has 4 nitrogen and oxygen atoms in total. The second-order valence-electron chi connectivity index (χ2n) is 4.57. The molecule has 2 N–H and O–H groups in total. The molecule has 0 radical (unpaired) electrons. The lowest BCUT2D eigenvalue weighted by molar-refractivity contribution is -0.125. The van der Waals surface area contributed by atoms with E-state index in [1.54, 1.807) is 12.1 Å². The number of carbonyl (C=O) groups is 1. The van der Waals surface area contributed by atoms with Gasteiger partial charge >= 0.3 is 0 Å². The van der Waals surface area contributed by atoms with Gasteiger partial charge in [0.05, 0.1) is 17.6 Å². The number of amides is 1. The van der Waals surface area contributed by atoms with Crippen molar-refractivity contribution in [3.05, 3.63) is 35.4 Å². The molecule has 1 aliphatic rings. The Labute approximate surface area is 107 Å². The van der Waals surface area contributed by atoms with Crippen LogP contribution < -0.4 is 10.6 Å². The highest BCUT2D eigenvalue weighted by molar-refractivity contribution is 5.78. The molecule has 1 aliphatic heterocycles. The molecule has 1 aromatic rings. The highest BCUT2D eigenvalue weighted by atomic mass is 16.1. The van der Waals surface area contributed by atoms with Crippen molar-refractivity contribution < 1.29 is 4.79 Å². The summed E-state index contributed by atoms with van der Waals surface area (Å²) in [6, 6.07) is 9.36. The molecule has 2 rings (SSSR count). The molecule has 18 heavy (non-hydrogen) atoms. The summed E-state index contributed by atoms with van der Waals surface area (Å²) in [5.74, 6) is 0.212. The van der Waals surface area contributed by atoms with Crippen molar-refractivity contribution in [2.24, 2.45) is 5.92 Å². The van der Waals surface area contributed by atoms with Gasteiger partial charge in [-0.3, -0.25) is 4.79 Å². The summed E-state index contributed by atoms with van der Waals surface area (Å²) in [5, 5.41) is 14.9. The number of nitrogens with zero attached hydrogens (tertiary/aromatic N) is 1. The van der Waals surface area contributed by atoms with Crippen LogP contribution in [0.1, 0.15) is 24.0 Å². The van der Waals surface area contributed by atoms with Gasteiger partial charge in [0, 0.05) is 13.1 Å². The normalized spacial score (nSPS) is 18.9. The zero-order valence-electron chi connectivity index (χ0n) is 10.3. The van der Waals surface area contributed by atoms with Crippen LogP contribution in [0.4, 0.5) is 0 Å². The zero-order chi connectivity index (χ0) is 12.8. The molecule has 0 aromatic heterocycles. The largest absolute Gasteiger partial charge is 0.352 e. The summed E-state index contributed by atoms with van der Waals surface area (Å²) in [5.41, 5.74) is 1.66. The lowest BCUT2D eigenvalue weighted by atomic mass is 9.99. The van der Waals surface area contributed by atoms with Crippen molar-refractivity contribution in [1.29, 1.82) is 5.26 Å². The van der Waals surface area contributed by atoms with Crippen molar-refractivity contribution in [3.8, 4) is 6.07 Å². The average molecular weight is 243 g/mol. The fraction of sp³-hybridized carbons (Fsp3) is 0.429. The number of carbonyl (C=O) groups excluding carboxylic acids is 1. The minimum absolute atomic E-state index is 0.0946. The SMILES string of the molecule is N#Cc1ccc(CNC(=O)[C@@H]2CCCNC2)cc1. The molecule has 0 unspecified atom stereocenters. The van der Waals surface area contributed by atoms with Crippen molar-refractivity contribution in [2.75, 3.05) is 13.1 Å². The second-order valence-corrected chi connectivity index (χ2v) is 4.57. The van der Waals surface area contributed by atoms with Gasteiger partial charge in [0.2, 0.25) is 5.91 Å². The Kier molecular flexibility index (Phi) is 4.32. The van der Waals surface area contributed by atoms with Gasteiger partial charge in [0.1, 0.15) is 0 Å². The molecule has 1 amide bonds. The smallest absolute Gasteiger partial charge is 0.224 e. The lowest BCUT2D eigenvalue weighted by Crippen LogP contribution is -2.40. The minimum Gasteiger partial charge on any atom is -0.352 e. The number of hydrogen-bond acceptors (Lipinski definition) is 3. The summed E-state index contributed by atoms with van der Waals surface area (Å²) in [6.45, 7) is 2.32. The Morgan fingerprint density at radius 3 is 2.83 bits per heavy atom. The van der Waals surface area contributed by atoms with Crippen LogP contribution in [-0.2, 0) is 11.3 Å². The number of piperidine rings is 1. The van der Waals surface area contributed by atoms with Gasteiger partial charge in [0.15, 0.2) is 0 Å². The molecule has 0 aliphatic carbocycles. The lowest BCUT2D eigenvalue weighted by Gasteiger charge is -2.21. The van der Waals surface area contributed by atoms with Crippen LogP contribution in [0, 0.1) is 17.2 Å². The number of nitriles is 1. The highest BCUT2D eigenvalue weighted by Crippen LogP contribution is 2.10. The summed E-state index contributed by atoms with van der Waals surface area (Å²) < 4.78 is 0. The molecule has 1 heterocycles. The summed E-state index contributed by atoms with van der Waals surface area (Å²) in [7, 11) is 0. The number of nitrogens with one attached hydrogen (secondary N) is 2. The second kappa shape index (κ2) is 6.18. The fourth-order valence-electron chi connectivity index (χ4n) is 2.11. The molecule has 1 fully saturated rings. The predicted octanol–water partition coefficient (Wildman–Crippen LogP) is 1.17. The van der Waals surface area contributed by atoms with Crippen molar-refractivity contribution in [3.63, 3.8) is 0 Å². The van der Waals surface area contributed by atoms with Gasteiger partial charge in [-0.15, -0.1) is 0 Å². The van der Waals surface area contributed by atoms with Crippen LogP contribution in [0.2, 0.25) is 0 Å². The molecule has 4 heteroatoms. The van der Waals surface area contributed by atoms with E-state index in [-0.39, 0.29) is 11.8 Å². The zero-order valence-corrected chi connectivity index (χ0v) is 10.3. The minimum atomic E-state index is 0.0946. The monoisotopic (exact) mass is 243 g/mol. The van der Waals surface area contributed by atoms with Gasteiger partial charge in [-0.05, 0) is 37.1 Å². The summed E-state index contributed by atoms with van der Waals surface area (Å²) in [6.07, 6.45) is 2.03. The van der Waals surface area contributed by atoms with Gasteiger partial charge in [-0.25, -0.2) is 0 Å². The highest BCUT2D eigenvalue weighted by Gasteiger charge is 2.20. The Bertz CT molecular complexity index is 441. The van der Waals surface area contributed by atoms with Crippen molar-refractivity contribution in [1.82, 2.24) is 10.6 Å². The average Bonchev–Trinajstić information content (AvgIpc) is 2.46. The maximum atomic E-state index is 11.9. The maximum Gasteiger partial charge on any atom is 0.224 e. The molecule has 1 aromatic carbocycles. The van der Waals surface area contributed by atoms with Crippen LogP contribution in [0.3, 0.4) is 0 Å². The van der Waals surface area contributed by atoms with E-state index in [2.05, 4.69) is 16.7 Å². The topological polar surface area (TPSA) is 64.9 Å². The van der Waals surface area contributed by atoms with Gasteiger partial charge in [-0.2, -0.15) is 5.26 Å². The standard InChI is InChI=1S/C14H17N3O/c15-8-11-3-5-12(6-4-11)9-17-14(18)13-2-1-7-16-10-13/h3-6,13,16H,1-2,7,9-10H2,(H,17,18)/t13-/m1/s1. The molecule has 0 spiro atoms. The maximum absolute atomic E-state index is 11.9. The van der Waals surface area contributed by atoms with E-state index in [4.69, 9.17) is 5.26 Å². The summed E-state index contributed by atoms with van der Waals surface area (Å²) in [4.78, 5) is 11.9. The molecule has 94 valence electrons. The first-order valence-corrected chi connectivity index (χ1v) is 6.27. The van der Waals surface area contributed by atoms with Gasteiger partial charge in [0.25, 0.3) is 0 Å². The van der Waals surface area contributed by atoms with Crippen LogP contribution in [0.15, 0.2) is 24.3 Å². The van der Waals surface area contributed by atoms with E-state index in [0.29, 0.717) is 12.1 Å². The van der Waals surface area contributed by atoms with Crippen LogP contribution in [0.25, 0.3) is 0 Å². The van der Waals surface area contributed by atoms with Crippen molar-refractivity contribution >= 4 is 5.91 Å². The fourth-order valence-corrected chi connectivity index (χ4v) is 2.11. The van der Waals surface area contributed by atoms with Gasteiger partial charge in [-0.1, -0.05) is 12.1 Å². The van der Waals surface area contributed by atoms with E-state index in [1.165, 1.54) is 0 Å². The molecule has 0 bridgehead atoms. The predicted molar refractivity (Wildman–Crippen MR) is 68.6 cm³/mol. The first kappa shape index (κ1) is 12.6. The summed E-state index contributed by atoms with van der Waals surface area (Å²) >= 11 is 0. The molecular formula is C14H17N3O. The Morgan fingerprint density at radius 1 is 1.44 bits per heavy atom. The van der Waals surface area contributed by atoms with E-state index in [9.17, 15) is 4.79 Å². The number of benzene rings is 1. The van der Waals surface area contributed by atoms with Crippen molar-refractivity contribution in [2.45, 2.75) is 19.4 Å². The Balaban J connectivity index is 1.83. The first-order valence-electron chi connectivity index (χ1n) is 6.27. The van der Waals surface area contributed by atoms with E-state index >= 15 is 0 Å². The Hall–Kier alpha value is -1.86. The van der Waals surface area contributed by atoms with E-state index < -0.39 is 0 Å². The molecular weight excluding hydrogens is 226 g/mol. The molecule has 1 saturated heterocycles. The van der Waals surface area contributed by atoms with Crippen LogP contribution >= 0.6 is 0 Å². The third-order valence-corrected chi connectivity index (χ3v) is 3.22. The third kappa shape index (κ3) is 3.31. The third-order valence-electron chi connectivity index (χ3n) is 3.22. The number of hydrogen-bond donors (Lipinski definition) is 2. The van der Waals surface area contributed by atoms with Gasteiger partial charge < -0.3 is 10.6 Å². The molecule has 1 atom stereocenters. The first-order chi connectivity index (χ1) is 8.79. The van der Waals surface area contributed by atoms with Crippen LogP contribution in [0.5, 0.6) is 0 Å². The Morgan fingerprint density at radius 2 is 2.22 bits per heavy atom. The van der Waals surface area contributed by atoms with Crippen LogP contribution in [-0.4, -0.2) is 19.0 Å².